The lowest BCUT2D eigenvalue weighted by Crippen LogP contribution is -2.21. The first-order valence-electron chi connectivity index (χ1n) is 8.15. The van der Waals surface area contributed by atoms with Crippen molar-refractivity contribution in [2.24, 2.45) is 0 Å². The van der Waals surface area contributed by atoms with Crippen LogP contribution >= 0.6 is 23.1 Å². The summed E-state index contributed by atoms with van der Waals surface area (Å²) in [4.78, 5) is 34.9. The van der Waals surface area contributed by atoms with Crippen LogP contribution in [0.3, 0.4) is 0 Å². The second kappa shape index (κ2) is 8.05. The van der Waals surface area contributed by atoms with Crippen molar-refractivity contribution in [2.75, 3.05) is 30.9 Å². The smallest absolute Gasteiger partial charge is 0.265 e. The average molecular weight is 393 g/mol. The van der Waals surface area contributed by atoms with Gasteiger partial charge in [0, 0.05) is 32.1 Å². The van der Waals surface area contributed by atoms with Crippen molar-refractivity contribution in [1.29, 1.82) is 0 Å². The minimum Gasteiger partial charge on any atom is -0.473 e. The van der Waals surface area contributed by atoms with Gasteiger partial charge in [0.05, 0.1) is 11.3 Å². The van der Waals surface area contributed by atoms with Crippen LogP contribution in [0.5, 0.6) is 5.88 Å². The summed E-state index contributed by atoms with van der Waals surface area (Å²) in [6.07, 6.45) is 2.70. The molecule has 2 amide bonds. The molecule has 138 valence electrons. The number of hydrogen-bond acceptors (Lipinski definition) is 7. The number of amides is 2. The standard InChI is InChI=1S/C17H20N4O3S2/c1-10-14(16(23)21(2)3)26-17(19-10)20-15(22)11-4-5-13(18-8-11)24-12-6-7-25-9-12/h4-5,8,12H,6-7,9H2,1-3H3,(H,19,20,22). The van der Waals surface area contributed by atoms with Crippen LogP contribution in [0.4, 0.5) is 5.13 Å². The van der Waals surface area contributed by atoms with Gasteiger partial charge < -0.3 is 9.64 Å². The fourth-order valence-corrected chi connectivity index (χ4v) is 4.46. The third kappa shape index (κ3) is 4.34. The summed E-state index contributed by atoms with van der Waals surface area (Å²) in [5.41, 5.74) is 1.01. The van der Waals surface area contributed by atoms with Gasteiger partial charge >= 0.3 is 0 Å². The second-order valence-corrected chi connectivity index (χ2v) is 8.22. The Labute approximate surface area is 160 Å². The Balaban J connectivity index is 1.64. The fraction of sp³-hybridized carbons (Fsp3) is 0.412. The van der Waals surface area contributed by atoms with E-state index in [1.165, 1.54) is 11.1 Å². The molecule has 3 heterocycles. The number of thiazole rings is 1. The van der Waals surface area contributed by atoms with Gasteiger partial charge in [0.2, 0.25) is 5.88 Å². The molecule has 3 rings (SSSR count). The van der Waals surface area contributed by atoms with E-state index < -0.39 is 0 Å². The van der Waals surface area contributed by atoms with Gasteiger partial charge in [-0.1, -0.05) is 11.3 Å². The number of pyridine rings is 1. The molecular weight excluding hydrogens is 372 g/mol. The summed E-state index contributed by atoms with van der Waals surface area (Å²) in [5.74, 6) is 2.16. The molecule has 1 fully saturated rings. The molecule has 2 aromatic heterocycles. The van der Waals surface area contributed by atoms with E-state index in [9.17, 15) is 9.59 Å². The van der Waals surface area contributed by atoms with Crippen molar-refractivity contribution in [3.8, 4) is 5.88 Å². The predicted molar refractivity (Wildman–Crippen MR) is 103 cm³/mol. The number of carbonyl (C=O) groups excluding carboxylic acids is 2. The molecule has 1 saturated heterocycles. The van der Waals surface area contributed by atoms with Crippen molar-refractivity contribution in [1.82, 2.24) is 14.9 Å². The van der Waals surface area contributed by atoms with Gasteiger partial charge in [0.1, 0.15) is 11.0 Å². The lowest BCUT2D eigenvalue weighted by molar-refractivity contribution is 0.0831. The first-order chi connectivity index (χ1) is 12.4. The summed E-state index contributed by atoms with van der Waals surface area (Å²) in [6.45, 7) is 1.75. The molecule has 0 aliphatic carbocycles. The maximum Gasteiger partial charge on any atom is 0.265 e. The van der Waals surface area contributed by atoms with Crippen molar-refractivity contribution in [3.05, 3.63) is 34.5 Å². The zero-order valence-electron chi connectivity index (χ0n) is 14.8. The Bertz CT molecular complexity index is 799. The number of thioether (sulfide) groups is 1. The summed E-state index contributed by atoms with van der Waals surface area (Å²) in [5, 5.41) is 3.11. The Morgan fingerprint density at radius 1 is 1.35 bits per heavy atom. The highest BCUT2D eigenvalue weighted by atomic mass is 32.2. The van der Waals surface area contributed by atoms with Crippen molar-refractivity contribution in [3.63, 3.8) is 0 Å². The highest BCUT2D eigenvalue weighted by Crippen LogP contribution is 2.25. The maximum atomic E-state index is 12.4. The number of nitrogens with one attached hydrogen (secondary N) is 1. The number of aromatic nitrogens is 2. The van der Waals surface area contributed by atoms with Gasteiger partial charge in [-0.2, -0.15) is 11.8 Å². The van der Waals surface area contributed by atoms with Crippen LogP contribution in [-0.4, -0.2) is 58.4 Å². The molecular formula is C17H20N4O3S2. The number of aryl methyl sites for hydroxylation is 1. The van der Waals surface area contributed by atoms with E-state index in [1.54, 1.807) is 33.2 Å². The molecule has 7 nitrogen and oxygen atoms in total. The van der Waals surface area contributed by atoms with Crippen LogP contribution in [0.1, 0.15) is 32.1 Å². The number of carbonyl (C=O) groups is 2. The predicted octanol–water partition coefficient (Wildman–Crippen LogP) is 2.68. The van der Waals surface area contributed by atoms with Crippen molar-refractivity contribution in [2.45, 2.75) is 19.4 Å². The number of anilines is 1. The summed E-state index contributed by atoms with van der Waals surface area (Å²) in [7, 11) is 3.36. The van der Waals surface area contributed by atoms with Crippen molar-refractivity contribution >= 4 is 40.0 Å². The molecule has 0 saturated carbocycles. The van der Waals surface area contributed by atoms with E-state index >= 15 is 0 Å². The lowest BCUT2D eigenvalue weighted by Gasteiger charge is -2.11. The fourth-order valence-electron chi connectivity index (χ4n) is 2.38. The molecule has 0 aromatic carbocycles. The monoisotopic (exact) mass is 392 g/mol. The number of nitrogens with zero attached hydrogens (tertiary/aromatic N) is 3. The normalized spacial score (nSPS) is 16.3. The number of ether oxygens (including phenoxy) is 1. The number of hydrogen-bond donors (Lipinski definition) is 1. The largest absolute Gasteiger partial charge is 0.473 e. The molecule has 1 N–H and O–H groups in total. The van der Waals surface area contributed by atoms with Crippen LogP contribution < -0.4 is 10.1 Å². The molecule has 0 bridgehead atoms. The summed E-state index contributed by atoms with van der Waals surface area (Å²) in [6, 6.07) is 3.37. The Kier molecular flexibility index (Phi) is 5.77. The van der Waals surface area contributed by atoms with Crippen molar-refractivity contribution < 1.29 is 14.3 Å². The van der Waals surface area contributed by atoms with Gasteiger partial charge in [0.15, 0.2) is 5.13 Å². The zero-order chi connectivity index (χ0) is 18.7. The van der Waals surface area contributed by atoms with E-state index in [2.05, 4.69) is 15.3 Å². The van der Waals surface area contributed by atoms with E-state index in [-0.39, 0.29) is 17.9 Å². The van der Waals surface area contributed by atoms with Gasteiger partial charge in [-0.15, -0.1) is 0 Å². The third-order valence-electron chi connectivity index (χ3n) is 3.79. The topological polar surface area (TPSA) is 84.4 Å². The second-order valence-electron chi connectivity index (χ2n) is 6.08. The third-order valence-corrected chi connectivity index (χ3v) is 5.98. The van der Waals surface area contributed by atoms with Crippen LogP contribution in [0.15, 0.2) is 18.3 Å². The maximum absolute atomic E-state index is 12.4. The van der Waals surface area contributed by atoms with Crippen LogP contribution in [0, 0.1) is 6.92 Å². The van der Waals surface area contributed by atoms with E-state index in [0.717, 1.165) is 29.3 Å². The van der Waals surface area contributed by atoms with Crippen LogP contribution in [0.25, 0.3) is 0 Å². The van der Waals surface area contributed by atoms with E-state index in [1.807, 2.05) is 11.8 Å². The lowest BCUT2D eigenvalue weighted by atomic mass is 10.2. The summed E-state index contributed by atoms with van der Waals surface area (Å²) >= 11 is 3.03. The average Bonchev–Trinajstić information content (AvgIpc) is 3.24. The Morgan fingerprint density at radius 3 is 2.77 bits per heavy atom. The van der Waals surface area contributed by atoms with Crippen LogP contribution in [-0.2, 0) is 0 Å². The Hall–Kier alpha value is -2.13. The van der Waals surface area contributed by atoms with Crippen LogP contribution in [0.2, 0.25) is 0 Å². The van der Waals surface area contributed by atoms with Gasteiger partial charge in [-0.05, 0) is 25.2 Å². The van der Waals surface area contributed by atoms with Gasteiger partial charge in [0.25, 0.3) is 11.8 Å². The minimum absolute atomic E-state index is 0.131. The molecule has 1 aliphatic heterocycles. The molecule has 1 unspecified atom stereocenters. The molecule has 2 aromatic rings. The van der Waals surface area contributed by atoms with Gasteiger partial charge in [-0.3, -0.25) is 14.9 Å². The SMILES string of the molecule is Cc1nc(NC(=O)c2ccc(OC3CCSC3)nc2)sc1C(=O)N(C)C. The minimum atomic E-state index is -0.321. The van der Waals surface area contributed by atoms with E-state index in [4.69, 9.17) is 4.74 Å². The van der Waals surface area contributed by atoms with E-state index in [0.29, 0.717) is 27.1 Å². The molecule has 26 heavy (non-hydrogen) atoms. The Morgan fingerprint density at radius 2 is 2.15 bits per heavy atom. The zero-order valence-corrected chi connectivity index (χ0v) is 16.4. The highest BCUT2D eigenvalue weighted by Gasteiger charge is 2.19. The summed E-state index contributed by atoms with van der Waals surface area (Å²) < 4.78 is 5.78. The number of rotatable bonds is 5. The quantitative estimate of drug-likeness (QED) is 0.842. The molecule has 1 aliphatic rings. The molecule has 0 radical (unpaired) electrons. The van der Waals surface area contributed by atoms with Gasteiger partial charge in [-0.25, -0.2) is 9.97 Å². The first-order valence-corrected chi connectivity index (χ1v) is 10.1. The first kappa shape index (κ1) is 18.7. The highest BCUT2D eigenvalue weighted by molar-refractivity contribution is 7.99. The molecule has 0 spiro atoms. The molecule has 9 heteroatoms. The molecule has 1 atom stereocenters.